The van der Waals surface area contributed by atoms with Gasteiger partial charge < -0.3 is 10.1 Å². The maximum atomic E-state index is 11.7. The Bertz CT molecular complexity index is 491. The molecule has 2 N–H and O–H groups in total. The van der Waals surface area contributed by atoms with Crippen LogP contribution in [0, 0.1) is 0 Å². The SMILES string of the molecule is CC(C)(C)OC(=O)Nc1ccc(C2CCNC2)c(Cl)c1. The van der Waals surface area contributed by atoms with E-state index in [1.54, 1.807) is 6.07 Å². The van der Waals surface area contributed by atoms with E-state index in [0.29, 0.717) is 16.6 Å². The fourth-order valence-corrected chi connectivity index (χ4v) is 2.61. The van der Waals surface area contributed by atoms with Crippen molar-refractivity contribution >= 4 is 23.4 Å². The summed E-state index contributed by atoms with van der Waals surface area (Å²) >= 11 is 6.31. The molecular weight excluding hydrogens is 276 g/mol. The van der Waals surface area contributed by atoms with Crippen LogP contribution in [0.15, 0.2) is 18.2 Å². The molecular formula is C15H21ClN2O2. The number of nitrogens with one attached hydrogen (secondary N) is 2. The monoisotopic (exact) mass is 296 g/mol. The smallest absolute Gasteiger partial charge is 0.412 e. The molecule has 1 atom stereocenters. The zero-order chi connectivity index (χ0) is 14.8. The van der Waals surface area contributed by atoms with Gasteiger partial charge in [-0.05, 0) is 57.4 Å². The summed E-state index contributed by atoms with van der Waals surface area (Å²) in [6.45, 7) is 7.47. The second-order valence-corrected chi connectivity index (χ2v) is 6.46. The minimum Gasteiger partial charge on any atom is -0.444 e. The first-order valence-corrected chi connectivity index (χ1v) is 7.23. The van der Waals surface area contributed by atoms with Gasteiger partial charge >= 0.3 is 6.09 Å². The Kier molecular flexibility index (Phi) is 4.55. The van der Waals surface area contributed by atoms with Gasteiger partial charge in [0.15, 0.2) is 0 Å². The first kappa shape index (κ1) is 15.1. The number of amides is 1. The fourth-order valence-electron chi connectivity index (χ4n) is 2.28. The van der Waals surface area contributed by atoms with Crippen LogP contribution in [0.25, 0.3) is 0 Å². The second-order valence-electron chi connectivity index (χ2n) is 6.05. The molecule has 0 aromatic heterocycles. The highest BCUT2D eigenvalue weighted by Gasteiger charge is 2.20. The highest BCUT2D eigenvalue weighted by Crippen LogP contribution is 2.31. The molecule has 4 nitrogen and oxygen atoms in total. The van der Waals surface area contributed by atoms with Crippen molar-refractivity contribution in [2.75, 3.05) is 18.4 Å². The third kappa shape index (κ3) is 4.12. The predicted octanol–water partition coefficient (Wildman–Crippen LogP) is 3.76. The average molecular weight is 297 g/mol. The van der Waals surface area contributed by atoms with Crippen molar-refractivity contribution < 1.29 is 9.53 Å². The Morgan fingerprint density at radius 3 is 2.75 bits per heavy atom. The summed E-state index contributed by atoms with van der Waals surface area (Å²) in [4.78, 5) is 11.7. The highest BCUT2D eigenvalue weighted by molar-refractivity contribution is 6.31. The van der Waals surface area contributed by atoms with E-state index in [0.717, 1.165) is 25.1 Å². The summed E-state index contributed by atoms with van der Waals surface area (Å²) in [5.41, 5.74) is 1.27. The predicted molar refractivity (Wildman–Crippen MR) is 81.5 cm³/mol. The Balaban J connectivity index is 2.03. The molecule has 1 fully saturated rings. The van der Waals surface area contributed by atoms with Crippen LogP contribution in [-0.4, -0.2) is 24.8 Å². The van der Waals surface area contributed by atoms with Gasteiger partial charge in [0.05, 0.1) is 0 Å². The van der Waals surface area contributed by atoms with Gasteiger partial charge in [0, 0.05) is 17.3 Å². The van der Waals surface area contributed by atoms with E-state index in [-0.39, 0.29) is 0 Å². The largest absolute Gasteiger partial charge is 0.444 e. The molecule has 1 saturated heterocycles. The maximum Gasteiger partial charge on any atom is 0.412 e. The van der Waals surface area contributed by atoms with Crippen LogP contribution in [-0.2, 0) is 4.74 Å². The van der Waals surface area contributed by atoms with Gasteiger partial charge in [-0.1, -0.05) is 17.7 Å². The topological polar surface area (TPSA) is 50.4 Å². The highest BCUT2D eigenvalue weighted by atomic mass is 35.5. The lowest BCUT2D eigenvalue weighted by molar-refractivity contribution is 0.0636. The van der Waals surface area contributed by atoms with E-state index < -0.39 is 11.7 Å². The molecule has 0 aliphatic carbocycles. The number of halogens is 1. The van der Waals surface area contributed by atoms with Gasteiger partial charge in [-0.2, -0.15) is 0 Å². The molecule has 0 bridgehead atoms. The molecule has 2 rings (SSSR count). The van der Waals surface area contributed by atoms with Crippen LogP contribution < -0.4 is 10.6 Å². The van der Waals surface area contributed by atoms with Crippen LogP contribution in [0.1, 0.15) is 38.7 Å². The molecule has 1 aliphatic rings. The quantitative estimate of drug-likeness (QED) is 0.873. The Morgan fingerprint density at radius 2 is 2.20 bits per heavy atom. The average Bonchev–Trinajstić information content (AvgIpc) is 2.79. The van der Waals surface area contributed by atoms with Crippen LogP contribution in [0.3, 0.4) is 0 Å². The summed E-state index contributed by atoms with van der Waals surface area (Å²) in [6, 6.07) is 5.62. The minimum absolute atomic E-state index is 0.457. The van der Waals surface area contributed by atoms with Crippen molar-refractivity contribution in [2.24, 2.45) is 0 Å². The van der Waals surface area contributed by atoms with Crippen molar-refractivity contribution in [3.8, 4) is 0 Å². The van der Waals surface area contributed by atoms with E-state index in [9.17, 15) is 4.79 Å². The summed E-state index contributed by atoms with van der Waals surface area (Å²) < 4.78 is 5.21. The molecule has 1 unspecified atom stereocenters. The molecule has 1 aliphatic heterocycles. The lowest BCUT2D eigenvalue weighted by Gasteiger charge is -2.20. The number of hydrogen-bond donors (Lipinski definition) is 2. The lowest BCUT2D eigenvalue weighted by atomic mass is 9.98. The normalized spacial score (nSPS) is 18.9. The van der Waals surface area contributed by atoms with E-state index in [1.165, 1.54) is 0 Å². The first-order valence-electron chi connectivity index (χ1n) is 6.85. The first-order chi connectivity index (χ1) is 9.35. The van der Waals surface area contributed by atoms with Crippen molar-refractivity contribution in [1.29, 1.82) is 0 Å². The van der Waals surface area contributed by atoms with Crippen molar-refractivity contribution in [2.45, 2.75) is 38.7 Å². The zero-order valence-electron chi connectivity index (χ0n) is 12.1. The maximum absolute atomic E-state index is 11.7. The third-order valence-electron chi connectivity index (χ3n) is 3.15. The van der Waals surface area contributed by atoms with Crippen LogP contribution >= 0.6 is 11.6 Å². The molecule has 1 aromatic rings. The van der Waals surface area contributed by atoms with Gasteiger partial charge in [0.2, 0.25) is 0 Å². The second kappa shape index (κ2) is 6.02. The number of rotatable bonds is 2. The van der Waals surface area contributed by atoms with Crippen LogP contribution in [0.5, 0.6) is 0 Å². The number of anilines is 1. The molecule has 1 aromatic carbocycles. The fraction of sp³-hybridized carbons (Fsp3) is 0.533. The molecule has 5 heteroatoms. The lowest BCUT2D eigenvalue weighted by Crippen LogP contribution is -2.27. The summed E-state index contributed by atoms with van der Waals surface area (Å²) in [5, 5.41) is 6.71. The molecule has 110 valence electrons. The van der Waals surface area contributed by atoms with Gasteiger partial charge in [0.1, 0.15) is 5.60 Å². The summed E-state index contributed by atoms with van der Waals surface area (Å²) in [7, 11) is 0. The summed E-state index contributed by atoms with van der Waals surface area (Å²) in [6.07, 6.45) is 0.627. The Labute approximate surface area is 124 Å². The van der Waals surface area contributed by atoms with Crippen LogP contribution in [0.2, 0.25) is 5.02 Å². The van der Waals surface area contributed by atoms with E-state index in [4.69, 9.17) is 16.3 Å². The van der Waals surface area contributed by atoms with Crippen molar-refractivity contribution in [1.82, 2.24) is 5.32 Å². The van der Waals surface area contributed by atoms with Crippen molar-refractivity contribution in [3.05, 3.63) is 28.8 Å². The number of benzene rings is 1. The Hall–Kier alpha value is -1.26. The van der Waals surface area contributed by atoms with Gasteiger partial charge in [-0.3, -0.25) is 5.32 Å². The van der Waals surface area contributed by atoms with Gasteiger partial charge in [-0.25, -0.2) is 4.79 Å². The van der Waals surface area contributed by atoms with Gasteiger partial charge in [0.25, 0.3) is 0 Å². The molecule has 0 radical (unpaired) electrons. The molecule has 20 heavy (non-hydrogen) atoms. The minimum atomic E-state index is -0.511. The van der Waals surface area contributed by atoms with Gasteiger partial charge in [-0.15, -0.1) is 0 Å². The number of carbonyl (C=O) groups excluding carboxylic acids is 1. The molecule has 0 saturated carbocycles. The third-order valence-corrected chi connectivity index (χ3v) is 3.47. The summed E-state index contributed by atoms with van der Waals surface area (Å²) in [5.74, 6) is 0.457. The van der Waals surface area contributed by atoms with Crippen LogP contribution in [0.4, 0.5) is 10.5 Å². The van der Waals surface area contributed by atoms with Crippen molar-refractivity contribution in [3.63, 3.8) is 0 Å². The number of carbonyl (C=O) groups is 1. The molecule has 1 amide bonds. The molecule has 0 spiro atoms. The van der Waals surface area contributed by atoms with E-state index in [2.05, 4.69) is 10.6 Å². The molecule has 1 heterocycles. The van der Waals surface area contributed by atoms with E-state index >= 15 is 0 Å². The number of hydrogen-bond acceptors (Lipinski definition) is 3. The zero-order valence-corrected chi connectivity index (χ0v) is 12.9. The number of ether oxygens (including phenoxy) is 1. The Morgan fingerprint density at radius 1 is 1.45 bits per heavy atom. The van der Waals surface area contributed by atoms with E-state index in [1.807, 2.05) is 32.9 Å². The standard InChI is InChI=1S/C15H21ClN2O2/c1-15(2,3)20-14(19)18-11-4-5-12(13(16)8-11)10-6-7-17-9-10/h4-5,8,10,17H,6-7,9H2,1-3H3,(H,18,19).